The summed E-state index contributed by atoms with van der Waals surface area (Å²) < 4.78 is 0. The number of hydrogen-bond acceptors (Lipinski definition) is 5. The molecule has 0 saturated carbocycles. The van der Waals surface area contributed by atoms with E-state index in [-0.39, 0.29) is 17.4 Å². The average molecular weight is 340 g/mol. The van der Waals surface area contributed by atoms with Gasteiger partial charge in [-0.2, -0.15) is 0 Å². The summed E-state index contributed by atoms with van der Waals surface area (Å²) in [6, 6.07) is 4.74. The van der Waals surface area contributed by atoms with E-state index in [1.165, 1.54) is 12.1 Å². The first kappa shape index (κ1) is 16.9. The number of rotatable bonds is 4. The molecule has 0 radical (unpaired) electrons. The van der Waals surface area contributed by atoms with Crippen LogP contribution in [0.2, 0.25) is 0 Å². The van der Waals surface area contributed by atoms with Gasteiger partial charge in [0.1, 0.15) is 5.82 Å². The zero-order valence-corrected chi connectivity index (χ0v) is 14.0. The zero-order valence-electron chi connectivity index (χ0n) is 14.0. The maximum atomic E-state index is 12.5. The Morgan fingerprint density at radius 1 is 1.24 bits per heavy atom. The summed E-state index contributed by atoms with van der Waals surface area (Å²) in [4.78, 5) is 34.1. The molecule has 0 spiro atoms. The summed E-state index contributed by atoms with van der Waals surface area (Å²) in [7, 11) is 0. The lowest BCUT2D eigenvalue weighted by Crippen LogP contribution is -2.38. The number of carbonyl (C=O) groups is 2. The van der Waals surface area contributed by atoms with Crippen LogP contribution in [0.4, 0.5) is 11.5 Å². The van der Waals surface area contributed by atoms with Crippen molar-refractivity contribution in [2.75, 3.05) is 23.3 Å². The van der Waals surface area contributed by atoms with Gasteiger partial charge in [-0.15, -0.1) is 0 Å². The van der Waals surface area contributed by atoms with Crippen LogP contribution in [0.5, 0.6) is 0 Å². The topological polar surface area (TPSA) is 95.4 Å². The SMILES string of the molecule is Cc1ccc(C(=O)O)cc1NC(=O)C1CCN(c2cnccn2)CC1. The molecule has 1 fully saturated rings. The number of aromatic nitrogens is 2. The maximum absolute atomic E-state index is 12.5. The predicted octanol–water partition coefficient (Wildman–Crippen LogP) is 2.34. The molecule has 1 saturated heterocycles. The first-order valence-corrected chi connectivity index (χ1v) is 8.20. The summed E-state index contributed by atoms with van der Waals surface area (Å²) >= 11 is 0. The average Bonchev–Trinajstić information content (AvgIpc) is 2.64. The lowest BCUT2D eigenvalue weighted by molar-refractivity contribution is -0.120. The monoisotopic (exact) mass is 340 g/mol. The Kier molecular flexibility index (Phi) is 4.92. The van der Waals surface area contributed by atoms with E-state index >= 15 is 0 Å². The second kappa shape index (κ2) is 7.29. The Balaban J connectivity index is 1.62. The minimum atomic E-state index is -1.01. The van der Waals surface area contributed by atoms with Crippen LogP contribution < -0.4 is 10.2 Å². The number of carboxylic acid groups (broad SMARTS) is 1. The minimum absolute atomic E-state index is 0.0653. The van der Waals surface area contributed by atoms with Gasteiger partial charge < -0.3 is 15.3 Å². The third kappa shape index (κ3) is 3.93. The molecular weight excluding hydrogens is 320 g/mol. The molecule has 2 heterocycles. The molecule has 1 aromatic heterocycles. The van der Waals surface area contributed by atoms with Crippen molar-refractivity contribution in [3.63, 3.8) is 0 Å². The fourth-order valence-electron chi connectivity index (χ4n) is 2.95. The third-order valence-corrected chi connectivity index (χ3v) is 4.48. The second-order valence-corrected chi connectivity index (χ2v) is 6.15. The Morgan fingerprint density at radius 2 is 2.00 bits per heavy atom. The fourth-order valence-corrected chi connectivity index (χ4v) is 2.95. The number of benzene rings is 1. The molecule has 7 nitrogen and oxygen atoms in total. The fraction of sp³-hybridized carbons (Fsp3) is 0.333. The van der Waals surface area contributed by atoms with Crippen LogP contribution in [-0.4, -0.2) is 40.0 Å². The van der Waals surface area contributed by atoms with Crippen molar-refractivity contribution < 1.29 is 14.7 Å². The number of amides is 1. The van der Waals surface area contributed by atoms with Crippen LogP contribution >= 0.6 is 0 Å². The van der Waals surface area contributed by atoms with Crippen molar-refractivity contribution in [1.29, 1.82) is 0 Å². The normalized spacial score (nSPS) is 15.0. The van der Waals surface area contributed by atoms with Gasteiger partial charge in [-0.25, -0.2) is 9.78 Å². The van der Waals surface area contributed by atoms with Gasteiger partial charge >= 0.3 is 5.97 Å². The maximum Gasteiger partial charge on any atom is 0.335 e. The van der Waals surface area contributed by atoms with Crippen LogP contribution in [0.1, 0.15) is 28.8 Å². The summed E-state index contributed by atoms with van der Waals surface area (Å²) in [6.45, 7) is 3.33. The second-order valence-electron chi connectivity index (χ2n) is 6.15. The van der Waals surface area contributed by atoms with Crippen molar-refractivity contribution in [3.8, 4) is 0 Å². The van der Waals surface area contributed by atoms with Crippen LogP contribution in [-0.2, 0) is 4.79 Å². The Bertz CT molecular complexity index is 771. The van der Waals surface area contributed by atoms with Gasteiger partial charge in [-0.3, -0.25) is 9.78 Å². The smallest absolute Gasteiger partial charge is 0.335 e. The van der Waals surface area contributed by atoms with Gasteiger partial charge in [0.15, 0.2) is 0 Å². The van der Waals surface area contributed by atoms with Crippen LogP contribution in [0, 0.1) is 12.8 Å². The van der Waals surface area contributed by atoms with E-state index in [4.69, 9.17) is 5.11 Å². The van der Waals surface area contributed by atoms with E-state index in [2.05, 4.69) is 20.2 Å². The number of anilines is 2. The molecule has 130 valence electrons. The van der Waals surface area contributed by atoms with E-state index in [0.717, 1.165) is 37.3 Å². The van der Waals surface area contributed by atoms with E-state index in [9.17, 15) is 9.59 Å². The minimum Gasteiger partial charge on any atom is -0.478 e. The van der Waals surface area contributed by atoms with Crippen molar-refractivity contribution in [2.45, 2.75) is 19.8 Å². The molecule has 1 amide bonds. The highest BCUT2D eigenvalue weighted by Gasteiger charge is 2.26. The molecular formula is C18H20N4O3. The lowest BCUT2D eigenvalue weighted by atomic mass is 9.95. The molecule has 1 aliphatic heterocycles. The molecule has 1 aromatic carbocycles. The molecule has 2 aromatic rings. The van der Waals surface area contributed by atoms with Crippen LogP contribution in [0.15, 0.2) is 36.8 Å². The number of aryl methyl sites for hydroxylation is 1. The first-order chi connectivity index (χ1) is 12.0. The molecule has 25 heavy (non-hydrogen) atoms. The van der Waals surface area contributed by atoms with E-state index < -0.39 is 5.97 Å². The van der Waals surface area contributed by atoms with E-state index in [1.54, 1.807) is 24.7 Å². The molecule has 0 atom stereocenters. The summed E-state index contributed by atoms with van der Waals surface area (Å²) in [5, 5.41) is 12.0. The molecule has 3 rings (SSSR count). The summed E-state index contributed by atoms with van der Waals surface area (Å²) in [6.07, 6.45) is 6.46. The number of carbonyl (C=O) groups excluding carboxylic acids is 1. The Hall–Kier alpha value is -2.96. The molecule has 7 heteroatoms. The van der Waals surface area contributed by atoms with Gasteiger partial charge in [0.2, 0.25) is 5.91 Å². The number of piperidine rings is 1. The summed E-state index contributed by atoms with van der Waals surface area (Å²) in [5.74, 6) is -0.343. The molecule has 2 N–H and O–H groups in total. The van der Waals surface area contributed by atoms with Crippen LogP contribution in [0.3, 0.4) is 0 Å². The standard InChI is InChI=1S/C18H20N4O3/c1-12-2-3-14(18(24)25)10-15(12)21-17(23)13-4-8-22(9-5-13)16-11-19-6-7-20-16/h2-3,6-7,10-11,13H,4-5,8-9H2,1H3,(H,21,23)(H,24,25). The van der Waals surface area contributed by atoms with Crippen LogP contribution in [0.25, 0.3) is 0 Å². The highest BCUT2D eigenvalue weighted by atomic mass is 16.4. The highest BCUT2D eigenvalue weighted by Crippen LogP contribution is 2.24. The molecule has 0 unspecified atom stereocenters. The van der Waals surface area contributed by atoms with Gasteiger partial charge in [0.05, 0.1) is 11.8 Å². The molecule has 1 aliphatic rings. The quantitative estimate of drug-likeness (QED) is 0.887. The Morgan fingerprint density at radius 3 is 2.64 bits per heavy atom. The van der Waals surface area contributed by atoms with Gasteiger partial charge in [-0.05, 0) is 37.5 Å². The Labute approximate surface area is 145 Å². The number of aromatic carboxylic acids is 1. The zero-order chi connectivity index (χ0) is 17.8. The lowest BCUT2D eigenvalue weighted by Gasteiger charge is -2.31. The van der Waals surface area contributed by atoms with Gasteiger partial charge in [0, 0.05) is 37.1 Å². The molecule has 0 aliphatic carbocycles. The van der Waals surface area contributed by atoms with Gasteiger partial charge in [-0.1, -0.05) is 6.07 Å². The summed E-state index contributed by atoms with van der Waals surface area (Å²) in [5.41, 5.74) is 1.56. The van der Waals surface area contributed by atoms with Crippen molar-refractivity contribution in [1.82, 2.24) is 9.97 Å². The molecule has 0 bridgehead atoms. The number of nitrogens with one attached hydrogen (secondary N) is 1. The third-order valence-electron chi connectivity index (χ3n) is 4.48. The van der Waals surface area contributed by atoms with Crippen molar-refractivity contribution >= 4 is 23.4 Å². The number of carboxylic acids is 1. The number of hydrogen-bond donors (Lipinski definition) is 2. The number of nitrogens with zero attached hydrogens (tertiary/aromatic N) is 3. The van der Waals surface area contributed by atoms with E-state index in [1.807, 2.05) is 6.92 Å². The predicted molar refractivity (Wildman–Crippen MR) is 93.7 cm³/mol. The van der Waals surface area contributed by atoms with E-state index in [0.29, 0.717) is 5.69 Å². The largest absolute Gasteiger partial charge is 0.478 e. The van der Waals surface area contributed by atoms with Crippen molar-refractivity contribution in [3.05, 3.63) is 47.9 Å². The van der Waals surface area contributed by atoms with Crippen molar-refractivity contribution in [2.24, 2.45) is 5.92 Å². The van der Waals surface area contributed by atoms with Gasteiger partial charge in [0.25, 0.3) is 0 Å². The highest BCUT2D eigenvalue weighted by molar-refractivity contribution is 5.95. The first-order valence-electron chi connectivity index (χ1n) is 8.20.